The molecule has 0 bridgehead atoms. The van der Waals surface area contributed by atoms with Crippen LogP contribution < -0.4 is 0 Å². The number of carbonyl (C=O) groups excluding carboxylic acids is 2. The Kier molecular flexibility index (Phi) is 36.8. The molecule has 218 valence electrons. The molecule has 0 spiro atoms. The summed E-state index contributed by atoms with van der Waals surface area (Å²) in [6, 6.07) is 0. The Balaban J connectivity index is 0. The summed E-state index contributed by atoms with van der Waals surface area (Å²) in [5, 5.41) is 0. The molecule has 0 unspecified atom stereocenters. The van der Waals surface area contributed by atoms with Crippen LogP contribution in [-0.2, 0) is 14.3 Å². The van der Waals surface area contributed by atoms with Crippen molar-refractivity contribution < 1.29 is 14.3 Å². The molecule has 0 radical (unpaired) electrons. The SMILES string of the molecule is CCCCCCCCCCCCCCCCC(=O)OC(=O)CCCCCCCCCCCCCCC.[CaH2]. The molecular weight excluding hydrogens is 484 g/mol. The van der Waals surface area contributed by atoms with Crippen molar-refractivity contribution in [3.8, 4) is 0 Å². The third kappa shape index (κ3) is 34.4. The summed E-state index contributed by atoms with van der Waals surface area (Å²) >= 11 is 0. The average Bonchev–Trinajstić information content (AvgIpc) is 2.87. The summed E-state index contributed by atoms with van der Waals surface area (Å²) < 4.78 is 4.99. The van der Waals surface area contributed by atoms with Gasteiger partial charge >= 0.3 is 49.7 Å². The molecular formula is C33H66CaO3. The summed E-state index contributed by atoms with van der Waals surface area (Å²) in [4.78, 5) is 23.7. The molecule has 3 nitrogen and oxygen atoms in total. The van der Waals surface area contributed by atoms with E-state index in [2.05, 4.69) is 13.8 Å². The first-order valence-electron chi connectivity index (χ1n) is 16.4. The van der Waals surface area contributed by atoms with Gasteiger partial charge in [-0.3, -0.25) is 9.59 Å². The number of hydrogen-bond acceptors (Lipinski definition) is 3. The second kappa shape index (κ2) is 34.4. The summed E-state index contributed by atoms with van der Waals surface area (Å²) in [6.07, 6.45) is 35.7. The Morgan fingerprint density at radius 2 is 0.541 bits per heavy atom. The van der Waals surface area contributed by atoms with E-state index in [9.17, 15) is 9.59 Å². The number of ether oxygens (including phenoxy) is 1. The number of unbranched alkanes of at least 4 members (excludes halogenated alkanes) is 25. The van der Waals surface area contributed by atoms with Gasteiger partial charge in [0.25, 0.3) is 0 Å². The average molecular weight is 551 g/mol. The van der Waals surface area contributed by atoms with Gasteiger partial charge in [-0.05, 0) is 12.8 Å². The van der Waals surface area contributed by atoms with E-state index in [0.717, 1.165) is 25.7 Å². The standard InChI is InChI=1S/C33H64O3.Ca.2H/c1-3-5-7-9-11-13-15-17-19-21-23-25-27-29-31-33(35)36-32(34)30-28-26-24-22-20-18-16-14-12-10-8-6-4-2;;;/h3-31H2,1-2H3;;;. The molecule has 0 saturated carbocycles. The minimum atomic E-state index is -0.326. The molecule has 0 atom stereocenters. The number of carbonyl (C=O) groups is 2. The number of hydrogen-bond donors (Lipinski definition) is 0. The molecule has 0 saturated heterocycles. The summed E-state index contributed by atoms with van der Waals surface area (Å²) in [7, 11) is 0. The summed E-state index contributed by atoms with van der Waals surface area (Å²) in [5.41, 5.74) is 0. The molecule has 4 heteroatoms. The van der Waals surface area contributed by atoms with Crippen LogP contribution >= 0.6 is 0 Å². The molecule has 0 aliphatic carbocycles. The van der Waals surface area contributed by atoms with Crippen LogP contribution in [0.1, 0.15) is 200 Å². The van der Waals surface area contributed by atoms with Crippen molar-refractivity contribution in [3.63, 3.8) is 0 Å². The van der Waals surface area contributed by atoms with Crippen LogP contribution in [0.25, 0.3) is 0 Å². The first-order valence-corrected chi connectivity index (χ1v) is 16.4. The van der Waals surface area contributed by atoms with E-state index in [1.54, 1.807) is 0 Å². The first-order chi connectivity index (χ1) is 17.7. The van der Waals surface area contributed by atoms with Crippen LogP contribution in [-0.4, -0.2) is 49.7 Å². The zero-order chi connectivity index (χ0) is 26.4. The monoisotopic (exact) mass is 550 g/mol. The van der Waals surface area contributed by atoms with E-state index in [4.69, 9.17) is 4.74 Å². The van der Waals surface area contributed by atoms with Crippen molar-refractivity contribution >= 4 is 49.7 Å². The minimum absolute atomic E-state index is 0. The maximum absolute atomic E-state index is 11.9. The molecule has 0 aromatic rings. The van der Waals surface area contributed by atoms with E-state index < -0.39 is 0 Å². The quantitative estimate of drug-likeness (QED) is 0.0402. The Morgan fingerprint density at radius 1 is 0.351 bits per heavy atom. The third-order valence-electron chi connectivity index (χ3n) is 7.45. The fourth-order valence-corrected chi connectivity index (χ4v) is 4.98. The van der Waals surface area contributed by atoms with E-state index in [0.29, 0.717) is 12.8 Å². The van der Waals surface area contributed by atoms with Crippen molar-refractivity contribution in [3.05, 3.63) is 0 Å². The van der Waals surface area contributed by atoms with E-state index in [1.165, 1.54) is 148 Å². The molecule has 0 N–H and O–H groups in total. The fraction of sp³-hybridized carbons (Fsp3) is 0.939. The van der Waals surface area contributed by atoms with Crippen molar-refractivity contribution in [2.24, 2.45) is 0 Å². The van der Waals surface area contributed by atoms with Gasteiger partial charge < -0.3 is 4.74 Å². The molecule has 0 fully saturated rings. The Labute approximate surface area is 262 Å². The zero-order valence-electron chi connectivity index (χ0n) is 24.7. The predicted octanol–water partition coefficient (Wildman–Crippen LogP) is 10.5. The maximum atomic E-state index is 11.9. The van der Waals surface area contributed by atoms with Crippen LogP contribution in [0, 0.1) is 0 Å². The van der Waals surface area contributed by atoms with Gasteiger partial charge in [0.05, 0.1) is 0 Å². The molecule has 0 aliphatic heterocycles. The van der Waals surface area contributed by atoms with Gasteiger partial charge in [0, 0.05) is 12.8 Å². The van der Waals surface area contributed by atoms with Crippen LogP contribution in [0.3, 0.4) is 0 Å². The number of esters is 2. The Bertz CT molecular complexity index is 466. The Hall–Kier alpha value is 0.400. The van der Waals surface area contributed by atoms with Crippen LogP contribution in [0.15, 0.2) is 0 Å². The van der Waals surface area contributed by atoms with E-state index in [1.807, 2.05) is 0 Å². The molecule has 37 heavy (non-hydrogen) atoms. The second-order valence-electron chi connectivity index (χ2n) is 11.2. The molecule has 0 heterocycles. The second-order valence-corrected chi connectivity index (χ2v) is 11.2. The van der Waals surface area contributed by atoms with Crippen molar-refractivity contribution in [1.82, 2.24) is 0 Å². The van der Waals surface area contributed by atoms with E-state index >= 15 is 0 Å². The van der Waals surface area contributed by atoms with Gasteiger partial charge in [0.15, 0.2) is 0 Å². The van der Waals surface area contributed by atoms with Crippen molar-refractivity contribution in [2.45, 2.75) is 200 Å². The fourth-order valence-electron chi connectivity index (χ4n) is 4.98. The summed E-state index contributed by atoms with van der Waals surface area (Å²) in [5.74, 6) is -0.651. The van der Waals surface area contributed by atoms with Gasteiger partial charge in [0.1, 0.15) is 0 Å². The van der Waals surface area contributed by atoms with Gasteiger partial charge in [-0.2, -0.15) is 0 Å². The molecule has 0 aromatic carbocycles. The molecule has 0 rings (SSSR count). The number of rotatable bonds is 29. The van der Waals surface area contributed by atoms with E-state index in [-0.39, 0.29) is 49.7 Å². The molecule has 0 aliphatic rings. The van der Waals surface area contributed by atoms with Crippen LogP contribution in [0.5, 0.6) is 0 Å². The van der Waals surface area contributed by atoms with Crippen LogP contribution in [0.4, 0.5) is 0 Å². The summed E-state index contributed by atoms with van der Waals surface area (Å²) in [6.45, 7) is 4.54. The van der Waals surface area contributed by atoms with Crippen LogP contribution in [0.2, 0.25) is 0 Å². The topological polar surface area (TPSA) is 43.4 Å². The van der Waals surface area contributed by atoms with Gasteiger partial charge in [-0.1, -0.05) is 174 Å². The zero-order valence-corrected chi connectivity index (χ0v) is 24.7. The van der Waals surface area contributed by atoms with Gasteiger partial charge in [-0.15, -0.1) is 0 Å². The van der Waals surface area contributed by atoms with Gasteiger partial charge in [0.2, 0.25) is 0 Å². The predicted molar refractivity (Wildman–Crippen MR) is 165 cm³/mol. The molecule has 0 amide bonds. The first kappa shape index (κ1) is 39.5. The normalized spacial score (nSPS) is 10.9. The van der Waals surface area contributed by atoms with Crippen molar-refractivity contribution in [2.75, 3.05) is 0 Å². The molecule has 0 aromatic heterocycles. The third-order valence-corrected chi connectivity index (χ3v) is 7.45. The van der Waals surface area contributed by atoms with Crippen molar-refractivity contribution in [1.29, 1.82) is 0 Å². The Morgan fingerprint density at radius 3 is 0.757 bits per heavy atom. The van der Waals surface area contributed by atoms with Gasteiger partial charge in [-0.25, -0.2) is 0 Å².